The first-order valence-corrected chi connectivity index (χ1v) is 6.67. The molecule has 3 nitrogen and oxygen atoms in total. The molecule has 1 aromatic rings. The van der Waals surface area contributed by atoms with Crippen molar-refractivity contribution in [1.29, 1.82) is 0 Å². The average Bonchev–Trinajstić information content (AvgIpc) is 2.30. The number of hydrogen-bond acceptors (Lipinski definition) is 2. The number of carbonyl (C=O) groups is 1. The van der Waals surface area contributed by atoms with Gasteiger partial charge in [0.25, 0.3) is 0 Å². The van der Waals surface area contributed by atoms with Gasteiger partial charge in [0.1, 0.15) is 0 Å². The maximum atomic E-state index is 11.0. The Hall–Kier alpha value is -1.51. The van der Waals surface area contributed by atoms with E-state index in [4.69, 9.17) is 0 Å². The molecule has 0 radical (unpaired) electrons. The van der Waals surface area contributed by atoms with Crippen LogP contribution in [0.5, 0.6) is 0 Å². The highest BCUT2D eigenvalue weighted by Gasteiger charge is 2.05. The summed E-state index contributed by atoms with van der Waals surface area (Å²) in [7, 11) is 0. The first kappa shape index (κ1) is 14.6. The highest BCUT2D eigenvalue weighted by molar-refractivity contribution is 5.89. The summed E-state index contributed by atoms with van der Waals surface area (Å²) in [6.45, 7) is 8.00. The second kappa shape index (κ2) is 7.04. The van der Waals surface area contributed by atoms with Crippen LogP contribution in [0.25, 0.3) is 0 Å². The molecule has 0 aliphatic heterocycles. The minimum absolute atomic E-state index is 0.0381. The number of amides is 1. The molecular formula is C15H24N2O. The van der Waals surface area contributed by atoms with Crippen molar-refractivity contribution in [1.82, 2.24) is 0 Å². The van der Waals surface area contributed by atoms with E-state index in [2.05, 4.69) is 31.4 Å². The Morgan fingerprint density at radius 3 is 2.72 bits per heavy atom. The van der Waals surface area contributed by atoms with E-state index in [1.54, 1.807) is 0 Å². The molecule has 0 aromatic heterocycles. The van der Waals surface area contributed by atoms with E-state index >= 15 is 0 Å². The van der Waals surface area contributed by atoms with Crippen LogP contribution in [-0.4, -0.2) is 11.9 Å². The molecule has 2 N–H and O–H groups in total. The quantitative estimate of drug-likeness (QED) is 0.800. The monoisotopic (exact) mass is 248 g/mol. The Kier molecular flexibility index (Phi) is 5.69. The van der Waals surface area contributed by atoms with Gasteiger partial charge >= 0.3 is 0 Å². The number of unbranched alkanes of at least 4 members (excludes halogenated alkanes) is 1. The van der Waals surface area contributed by atoms with Crippen LogP contribution in [0.2, 0.25) is 0 Å². The van der Waals surface area contributed by atoms with E-state index in [0.29, 0.717) is 6.04 Å². The van der Waals surface area contributed by atoms with Crippen LogP contribution >= 0.6 is 0 Å². The van der Waals surface area contributed by atoms with E-state index in [0.717, 1.165) is 11.4 Å². The number of carbonyl (C=O) groups excluding carboxylic acids is 1. The van der Waals surface area contributed by atoms with E-state index < -0.39 is 0 Å². The molecule has 18 heavy (non-hydrogen) atoms. The maximum absolute atomic E-state index is 11.0. The molecule has 0 fully saturated rings. The fourth-order valence-corrected chi connectivity index (χ4v) is 1.91. The van der Waals surface area contributed by atoms with Gasteiger partial charge in [0.2, 0.25) is 5.91 Å². The topological polar surface area (TPSA) is 41.1 Å². The van der Waals surface area contributed by atoms with Crippen molar-refractivity contribution in [3.8, 4) is 0 Å². The van der Waals surface area contributed by atoms with E-state index in [1.807, 2.05) is 18.2 Å². The third-order valence-electron chi connectivity index (χ3n) is 2.95. The van der Waals surface area contributed by atoms with Crippen molar-refractivity contribution in [2.45, 2.75) is 53.0 Å². The summed E-state index contributed by atoms with van der Waals surface area (Å²) in [6, 6.07) is 6.41. The Morgan fingerprint density at radius 1 is 1.39 bits per heavy atom. The lowest BCUT2D eigenvalue weighted by molar-refractivity contribution is -0.114. The fraction of sp³-hybridized carbons (Fsp3) is 0.533. The van der Waals surface area contributed by atoms with Crippen LogP contribution in [-0.2, 0) is 4.79 Å². The van der Waals surface area contributed by atoms with Crippen molar-refractivity contribution >= 4 is 17.3 Å². The van der Waals surface area contributed by atoms with Crippen LogP contribution < -0.4 is 10.6 Å². The summed E-state index contributed by atoms with van der Waals surface area (Å²) in [5.41, 5.74) is 3.15. The fourth-order valence-electron chi connectivity index (χ4n) is 1.91. The summed E-state index contributed by atoms with van der Waals surface area (Å²) < 4.78 is 0. The molecule has 0 saturated heterocycles. The third kappa shape index (κ3) is 4.78. The van der Waals surface area contributed by atoms with Crippen molar-refractivity contribution in [3.63, 3.8) is 0 Å². The summed E-state index contributed by atoms with van der Waals surface area (Å²) >= 11 is 0. The zero-order valence-electron chi connectivity index (χ0n) is 11.8. The highest BCUT2D eigenvalue weighted by Crippen LogP contribution is 2.21. The molecule has 1 unspecified atom stereocenters. The molecule has 0 heterocycles. The largest absolute Gasteiger partial charge is 0.382 e. The predicted molar refractivity (Wildman–Crippen MR) is 78.1 cm³/mol. The van der Waals surface area contributed by atoms with Gasteiger partial charge in [0.15, 0.2) is 0 Å². The lowest BCUT2D eigenvalue weighted by Crippen LogP contribution is -2.16. The molecule has 0 bridgehead atoms. The van der Waals surface area contributed by atoms with Gasteiger partial charge in [-0.3, -0.25) is 4.79 Å². The van der Waals surface area contributed by atoms with Gasteiger partial charge in [0, 0.05) is 24.3 Å². The second-order valence-corrected chi connectivity index (χ2v) is 4.90. The molecule has 0 saturated carbocycles. The molecular weight excluding hydrogens is 224 g/mol. The van der Waals surface area contributed by atoms with Crippen LogP contribution in [0.3, 0.4) is 0 Å². The first-order chi connectivity index (χ1) is 8.52. The zero-order chi connectivity index (χ0) is 13.5. The minimum Gasteiger partial charge on any atom is -0.382 e. The number of nitrogens with one attached hydrogen (secondary N) is 2. The van der Waals surface area contributed by atoms with Crippen LogP contribution in [0.4, 0.5) is 11.4 Å². The normalized spacial score (nSPS) is 12.0. The van der Waals surface area contributed by atoms with E-state index in [9.17, 15) is 4.79 Å². The van der Waals surface area contributed by atoms with Gasteiger partial charge in [-0.15, -0.1) is 0 Å². The van der Waals surface area contributed by atoms with Gasteiger partial charge in [-0.25, -0.2) is 0 Å². The number of benzene rings is 1. The Balaban J connectivity index is 2.71. The molecule has 1 rings (SSSR count). The lowest BCUT2D eigenvalue weighted by atomic mass is 10.1. The summed E-state index contributed by atoms with van der Waals surface area (Å²) in [6.07, 6.45) is 3.62. The second-order valence-electron chi connectivity index (χ2n) is 4.90. The SMILES string of the molecule is CCCCC(C)Nc1cc(NC(C)=O)ccc1C. The smallest absolute Gasteiger partial charge is 0.221 e. The maximum Gasteiger partial charge on any atom is 0.221 e. The Bertz CT molecular complexity index is 401. The molecule has 100 valence electrons. The molecule has 0 aliphatic carbocycles. The van der Waals surface area contributed by atoms with E-state index in [1.165, 1.54) is 31.7 Å². The van der Waals surface area contributed by atoms with Crippen molar-refractivity contribution in [2.75, 3.05) is 10.6 Å². The van der Waals surface area contributed by atoms with Gasteiger partial charge in [-0.1, -0.05) is 25.8 Å². The molecule has 1 atom stereocenters. The summed E-state index contributed by atoms with van der Waals surface area (Å²) in [5, 5.41) is 6.32. The standard InChI is InChI=1S/C15H24N2O/c1-5-6-7-12(3)16-15-10-14(17-13(4)18)9-8-11(15)2/h8-10,12,16H,5-7H2,1-4H3,(H,17,18). The Labute approximate surface area is 110 Å². The van der Waals surface area contributed by atoms with Crippen LogP contribution in [0.15, 0.2) is 18.2 Å². The third-order valence-corrected chi connectivity index (χ3v) is 2.95. The molecule has 0 spiro atoms. The molecule has 1 aromatic carbocycles. The number of aryl methyl sites for hydroxylation is 1. The van der Waals surface area contributed by atoms with Crippen LogP contribution in [0.1, 0.15) is 45.6 Å². The van der Waals surface area contributed by atoms with Crippen molar-refractivity contribution in [2.24, 2.45) is 0 Å². The summed E-state index contributed by atoms with van der Waals surface area (Å²) in [4.78, 5) is 11.0. The van der Waals surface area contributed by atoms with Gasteiger partial charge in [-0.2, -0.15) is 0 Å². The summed E-state index contributed by atoms with van der Waals surface area (Å²) in [5.74, 6) is -0.0381. The lowest BCUT2D eigenvalue weighted by Gasteiger charge is -2.17. The van der Waals surface area contributed by atoms with Gasteiger partial charge < -0.3 is 10.6 Å². The van der Waals surface area contributed by atoms with Gasteiger partial charge in [0.05, 0.1) is 0 Å². The van der Waals surface area contributed by atoms with Crippen molar-refractivity contribution < 1.29 is 4.79 Å². The van der Waals surface area contributed by atoms with Crippen LogP contribution in [0, 0.1) is 6.92 Å². The van der Waals surface area contributed by atoms with Gasteiger partial charge in [-0.05, 0) is 38.0 Å². The minimum atomic E-state index is -0.0381. The average molecular weight is 248 g/mol. The zero-order valence-corrected chi connectivity index (χ0v) is 11.8. The molecule has 0 aliphatic rings. The Morgan fingerprint density at radius 2 is 2.11 bits per heavy atom. The number of hydrogen-bond donors (Lipinski definition) is 2. The van der Waals surface area contributed by atoms with E-state index in [-0.39, 0.29) is 5.91 Å². The highest BCUT2D eigenvalue weighted by atomic mass is 16.1. The number of anilines is 2. The first-order valence-electron chi connectivity index (χ1n) is 6.67. The number of rotatable bonds is 6. The molecule has 3 heteroatoms. The molecule has 1 amide bonds. The van der Waals surface area contributed by atoms with Crippen molar-refractivity contribution in [3.05, 3.63) is 23.8 Å². The predicted octanol–water partition coefficient (Wildman–Crippen LogP) is 3.94.